The zero-order valence-corrected chi connectivity index (χ0v) is 10.7. The molecule has 1 saturated heterocycles. The number of carbonyl (C=O) groups is 1. The molecule has 1 aliphatic heterocycles. The number of likely N-dealkylation sites (tertiary alicyclic amines) is 1. The molecule has 1 N–H and O–H groups in total. The molecule has 1 aromatic rings. The van der Waals surface area contributed by atoms with Crippen molar-refractivity contribution in [3.8, 4) is 0 Å². The average Bonchev–Trinajstić information content (AvgIpc) is 2.72. The summed E-state index contributed by atoms with van der Waals surface area (Å²) in [6, 6.07) is 4.32. The molecule has 4 heteroatoms. The molecule has 98 valence electrons. The van der Waals surface area contributed by atoms with Crippen LogP contribution >= 0.6 is 0 Å². The smallest absolute Gasteiger partial charge is 0.257 e. The molecule has 1 heterocycles. The van der Waals surface area contributed by atoms with E-state index in [2.05, 4.69) is 0 Å². The number of amides is 1. The fourth-order valence-corrected chi connectivity index (χ4v) is 2.50. The minimum Gasteiger partial charge on any atom is -0.394 e. The highest BCUT2D eigenvalue weighted by molar-refractivity contribution is 5.95. The van der Waals surface area contributed by atoms with Crippen LogP contribution in [-0.4, -0.2) is 35.1 Å². The summed E-state index contributed by atoms with van der Waals surface area (Å²) in [5.41, 5.74) is 0.954. The number of rotatable bonds is 2. The second-order valence-corrected chi connectivity index (χ2v) is 5.00. The molecule has 0 saturated carbocycles. The lowest BCUT2D eigenvalue weighted by Crippen LogP contribution is -2.40. The predicted octanol–water partition coefficient (Wildman–Crippen LogP) is 1.98. The number of aryl methyl sites for hydroxylation is 1. The van der Waals surface area contributed by atoms with Crippen LogP contribution in [0.5, 0.6) is 0 Å². The fraction of sp³-hybridized carbons (Fsp3) is 0.500. The van der Waals surface area contributed by atoms with E-state index in [9.17, 15) is 14.3 Å². The van der Waals surface area contributed by atoms with Crippen LogP contribution < -0.4 is 0 Å². The molecule has 0 aromatic heterocycles. The van der Waals surface area contributed by atoms with Crippen molar-refractivity contribution in [3.63, 3.8) is 0 Å². The van der Waals surface area contributed by atoms with Crippen molar-refractivity contribution in [1.29, 1.82) is 0 Å². The monoisotopic (exact) mass is 251 g/mol. The molecule has 1 fully saturated rings. The molecule has 3 nitrogen and oxygen atoms in total. The van der Waals surface area contributed by atoms with E-state index in [1.165, 1.54) is 6.07 Å². The molecule has 1 aliphatic rings. The van der Waals surface area contributed by atoms with Crippen LogP contribution in [0.25, 0.3) is 0 Å². The van der Waals surface area contributed by atoms with Gasteiger partial charge in [-0.2, -0.15) is 0 Å². The van der Waals surface area contributed by atoms with Crippen molar-refractivity contribution < 1.29 is 14.3 Å². The Labute approximate surface area is 106 Å². The maximum absolute atomic E-state index is 13.7. The Morgan fingerprint density at radius 1 is 1.56 bits per heavy atom. The van der Waals surface area contributed by atoms with Gasteiger partial charge in [0, 0.05) is 6.54 Å². The van der Waals surface area contributed by atoms with Gasteiger partial charge in [-0.25, -0.2) is 4.39 Å². The number of hydrogen-bond acceptors (Lipinski definition) is 2. The van der Waals surface area contributed by atoms with Gasteiger partial charge in [0.15, 0.2) is 0 Å². The average molecular weight is 251 g/mol. The Morgan fingerprint density at radius 3 is 2.94 bits per heavy atom. The summed E-state index contributed by atoms with van der Waals surface area (Å²) in [7, 11) is 0. The topological polar surface area (TPSA) is 40.5 Å². The highest BCUT2D eigenvalue weighted by Gasteiger charge is 2.35. The van der Waals surface area contributed by atoms with Gasteiger partial charge in [-0.3, -0.25) is 4.79 Å². The summed E-state index contributed by atoms with van der Waals surface area (Å²) in [5.74, 6) is -0.562. The summed E-state index contributed by atoms with van der Waals surface area (Å²) in [6.07, 6.45) is 0.852. The van der Waals surface area contributed by atoms with Gasteiger partial charge in [0.2, 0.25) is 0 Å². The summed E-state index contributed by atoms with van der Waals surface area (Å²) in [6.45, 7) is 4.34. The van der Waals surface area contributed by atoms with E-state index in [0.717, 1.165) is 12.0 Å². The summed E-state index contributed by atoms with van der Waals surface area (Å²) < 4.78 is 13.7. The van der Waals surface area contributed by atoms with E-state index >= 15 is 0 Å². The Hall–Kier alpha value is -1.42. The van der Waals surface area contributed by atoms with Crippen LogP contribution in [0.1, 0.15) is 29.3 Å². The molecular formula is C14H18FNO2. The third-order valence-electron chi connectivity index (χ3n) is 3.68. The molecule has 2 rings (SSSR count). The van der Waals surface area contributed by atoms with Gasteiger partial charge in [0.25, 0.3) is 5.91 Å². The first-order chi connectivity index (χ1) is 8.54. The highest BCUT2D eigenvalue weighted by atomic mass is 19.1. The SMILES string of the molecule is Cc1ccc(F)c(C(=O)N2CCC(C)C2CO)c1. The summed E-state index contributed by atoms with van der Waals surface area (Å²) in [5, 5.41) is 9.34. The zero-order valence-electron chi connectivity index (χ0n) is 10.7. The van der Waals surface area contributed by atoms with Gasteiger partial charge < -0.3 is 10.0 Å². The van der Waals surface area contributed by atoms with Gasteiger partial charge >= 0.3 is 0 Å². The predicted molar refractivity (Wildman–Crippen MR) is 66.8 cm³/mol. The number of hydrogen-bond donors (Lipinski definition) is 1. The molecular weight excluding hydrogens is 233 g/mol. The van der Waals surface area contributed by atoms with E-state index in [-0.39, 0.29) is 30.0 Å². The maximum atomic E-state index is 13.7. The highest BCUT2D eigenvalue weighted by Crippen LogP contribution is 2.26. The van der Waals surface area contributed by atoms with Crippen LogP contribution in [0.3, 0.4) is 0 Å². The van der Waals surface area contributed by atoms with Gasteiger partial charge in [-0.1, -0.05) is 18.6 Å². The lowest BCUT2D eigenvalue weighted by atomic mass is 10.0. The van der Waals surface area contributed by atoms with Crippen molar-refractivity contribution >= 4 is 5.91 Å². The first-order valence-electron chi connectivity index (χ1n) is 6.22. The van der Waals surface area contributed by atoms with Crippen LogP contribution in [0, 0.1) is 18.7 Å². The van der Waals surface area contributed by atoms with E-state index in [1.54, 1.807) is 17.0 Å². The van der Waals surface area contributed by atoms with E-state index < -0.39 is 5.82 Å². The van der Waals surface area contributed by atoms with Crippen molar-refractivity contribution in [3.05, 3.63) is 35.1 Å². The van der Waals surface area contributed by atoms with Crippen LogP contribution in [0.2, 0.25) is 0 Å². The number of aliphatic hydroxyl groups is 1. The quantitative estimate of drug-likeness (QED) is 0.873. The number of carbonyl (C=O) groups excluding carboxylic acids is 1. The van der Waals surface area contributed by atoms with Crippen molar-refractivity contribution in [2.75, 3.05) is 13.2 Å². The van der Waals surface area contributed by atoms with E-state index in [1.807, 2.05) is 13.8 Å². The van der Waals surface area contributed by atoms with Crippen LogP contribution in [0.4, 0.5) is 4.39 Å². The Kier molecular flexibility index (Phi) is 3.66. The second-order valence-electron chi connectivity index (χ2n) is 5.00. The first kappa shape index (κ1) is 13.0. The van der Waals surface area contributed by atoms with Gasteiger partial charge in [0.1, 0.15) is 5.82 Å². The normalized spacial score (nSPS) is 23.4. The molecule has 2 atom stereocenters. The maximum Gasteiger partial charge on any atom is 0.257 e. The third kappa shape index (κ3) is 2.25. The van der Waals surface area contributed by atoms with Crippen molar-refractivity contribution in [2.45, 2.75) is 26.3 Å². The summed E-state index contributed by atoms with van der Waals surface area (Å²) in [4.78, 5) is 13.9. The molecule has 0 spiro atoms. The number of benzene rings is 1. The van der Waals surface area contributed by atoms with Crippen molar-refractivity contribution in [2.24, 2.45) is 5.92 Å². The third-order valence-corrected chi connectivity index (χ3v) is 3.68. The minimum atomic E-state index is -0.498. The van der Waals surface area contributed by atoms with E-state index in [0.29, 0.717) is 6.54 Å². The zero-order chi connectivity index (χ0) is 13.3. The molecule has 0 radical (unpaired) electrons. The molecule has 0 aliphatic carbocycles. The standard InChI is InChI=1S/C14H18FNO2/c1-9-3-4-12(15)11(7-9)14(18)16-6-5-10(2)13(16)8-17/h3-4,7,10,13,17H,5-6,8H2,1-2H3. The Bertz CT molecular complexity index is 461. The van der Waals surface area contributed by atoms with Crippen molar-refractivity contribution in [1.82, 2.24) is 4.90 Å². The van der Waals surface area contributed by atoms with Gasteiger partial charge in [-0.15, -0.1) is 0 Å². The molecule has 1 aromatic carbocycles. The first-order valence-corrected chi connectivity index (χ1v) is 6.22. The summed E-state index contributed by atoms with van der Waals surface area (Å²) >= 11 is 0. The lowest BCUT2D eigenvalue weighted by molar-refractivity contribution is 0.0643. The van der Waals surface area contributed by atoms with Gasteiger partial charge in [-0.05, 0) is 31.4 Å². The molecule has 18 heavy (non-hydrogen) atoms. The molecule has 1 amide bonds. The second kappa shape index (κ2) is 5.06. The fourth-order valence-electron chi connectivity index (χ4n) is 2.50. The van der Waals surface area contributed by atoms with Crippen LogP contribution in [-0.2, 0) is 0 Å². The molecule has 0 bridgehead atoms. The minimum absolute atomic E-state index is 0.0691. The Balaban J connectivity index is 2.28. The number of halogens is 1. The number of nitrogens with zero attached hydrogens (tertiary/aromatic N) is 1. The van der Waals surface area contributed by atoms with Gasteiger partial charge in [0.05, 0.1) is 18.2 Å². The molecule has 2 unspecified atom stereocenters. The lowest BCUT2D eigenvalue weighted by Gasteiger charge is -2.25. The largest absolute Gasteiger partial charge is 0.394 e. The van der Waals surface area contributed by atoms with Crippen LogP contribution in [0.15, 0.2) is 18.2 Å². The van der Waals surface area contributed by atoms with E-state index in [4.69, 9.17) is 0 Å². The Morgan fingerprint density at radius 2 is 2.28 bits per heavy atom. The number of aliphatic hydroxyl groups excluding tert-OH is 1.